The number of nitrogens with one attached hydrogen (secondary N) is 1. The molecule has 0 bridgehead atoms. The molecule has 1 aromatic carbocycles. The van der Waals surface area contributed by atoms with E-state index >= 15 is 0 Å². The van der Waals surface area contributed by atoms with Crippen LogP contribution < -0.4 is 5.32 Å². The van der Waals surface area contributed by atoms with Gasteiger partial charge in [-0.25, -0.2) is 0 Å². The minimum absolute atomic E-state index is 0.0780. The molecule has 2 aliphatic rings. The van der Waals surface area contributed by atoms with Gasteiger partial charge in [0.2, 0.25) is 5.91 Å². The molecule has 8 heteroatoms. The number of carbonyl (C=O) groups is 1. The molecule has 0 radical (unpaired) electrons. The minimum atomic E-state index is -3.51. The van der Waals surface area contributed by atoms with Crippen molar-refractivity contribution in [3.63, 3.8) is 0 Å². The molecule has 1 N–H and O–H groups in total. The molecule has 0 aliphatic carbocycles. The predicted molar refractivity (Wildman–Crippen MR) is 93.9 cm³/mol. The zero-order valence-corrected chi connectivity index (χ0v) is 15.1. The molecule has 0 spiro atoms. The summed E-state index contributed by atoms with van der Waals surface area (Å²) in [4.78, 5) is 12.5. The highest BCUT2D eigenvalue weighted by atomic mass is 32.2. The third-order valence-corrected chi connectivity index (χ3v) is 6.69. The van der Waals surface area contributed by atoms with E-state index in [1.807, 2.05) is 30.3 Å². The fourth-order valence-electron chi connectivity index (χ4n) is 3.24. The Morgan fingerprint density at radius 2 is 1.84 bits per heavy atom. The topological polar surface area (TPSA) is 79.0 Å². The van der Waals surface area contributed by atoms with Crippen molar-refractivity contribution in [2.45, 2.75) is 19.4 Å². The van der Waals surface area contributed by atoms with Crippen LogP contribution in [0.25, 0.3) is 0 Å². The second-order valence-electron chi connectivity index (χ2n) is 6.42. The molecule has 2 fully saturated rings. The van der Waals surface area contributed by atoms with Crippen LogP contribution in [0, 0.1) is 5.92 Å². The summed E-state index contributed by atoms with van der Waals surface area (Å²) in [6.07, 6.45) is 1.42. The fourth-order valence-corrected chi connectivity index (χ4v) is 4.90. The van der Waals surface area contributed by atoms with Gasteiger partial charge in [0.25, 0.3) is 10.2 Å². The summed E-state index contributed by atoms with van der Waals surface area (Å²) in [5.41, 5.74) is 1.03. The molecule has 3 rings (SSSR count). The second kappa shape index (κ2) is 8.27. The molecule has 1 atom stereocenters. The number of benzene rings is 1. The first-order valence-electron chi connectivity index (χ1n) is 8.72. The SMILES string of the molecule is O=C(NCc1ccccc1)C1CCCN(S(=O)(=O)N2CCOCC2)C1. The Kier molecular flexibility index (Phi) is 6.06. The maximum absolute atomic E-state index is 12.8. The number of morpholine rings is 1. The van der Waals surface area contributed by atoms with Crippen molar-refractivity contribution < 1.29 is 17.9 Å². The van der Waals surface area contributed by atoms with Gasteiger partial charge < -0.3 is 10.1 Å². The number of hydrogen-bond donors (Lipinski definition) is 1. The van der Waals surface area contributed by atoms with E-state index in [2.05, 4.69) is 5.32 Å². The van der Waals surface area contributed by atoms with Gasteiger partial charge in [0.15, 0.2) is 0 Å². The molecular weight excluding hydrogens is 342 g/mol. The highest BCUT2D eigenvalue weighted by molar-refractivity contribution is 7.86. The van der Waals surface area contributed by atoms with Crippen molar-refractivity contribution in [1.29, 1.82) is 0 Å². The first-order chi connectivity index (χ1) is 12.1. The quantitative estimate of drug-likeness (QED) is 0.826. The van der Waals surface area contributed by atoms with Gasteiger partial charge in [-0.3, -0.25) is 4.79 Å². The summed E-state index contributed by atoms with van der Waals surface area (Å²) in [6, 6.07) is 9.70. The van der Waals surface area contributed by atoms with Gasteiger partial charge in [-0.1, -0.05) is 30.3 Å². The number of amides is 1. The number of hydrogen-bond acceptors (Lipinski definition) is 4. The Labute approximate surface area is 149 Å². The summed E-state index contributed by atoms with van der Waals surface area (Å²) in [6.45, 7) is 2.80. The van der Waals surface area contributed by atoms with Gasteiger partial charge in [-0.15, -0.1) is 0 Å². The zero-order chi connectivity index (χ0) is 17.7. The average molecular weight is 367 g/mol. The number of ether oxygens (including phenoxy) is 1. The fraction of sp³-hybridized carbons (Fsp3) is 0.588. The van der Waals surface area contributed by atoms with Crippen LogP contribution in [0.2, 0.25) is 0 Å². The van der Waals surface area contributed by atoms with Crippen LogP contribution in [0.4, 0.5) is 0 Å². The highest BCUT2D eigenvalue weighted by Gasteiger charge is 2.36. The van der Waals surface area contributed by atoms with Crippen LogP contribution in [0.15, 0.2) is 30.3 Å². The van der Waals surface area contributed by atoms with Crippen molar-refractivity contribution in [3.8, 4) is 0 Å². The van der Waals surface area contributed by atoms with E-state index in [9.17, 15) is 13.2 Å². The van der Waals surface area contributed by atoms with E-state index in [4.69, 9.17) is 4.74 Å². The van der Waals surface area contributed by atoms with Crippen LogP contribution in [-0.4, -0.2) is 62.3 Å². The van der Waals surface area contributed by atoms with Gasteiger partial charge in [0, 0.05) is 32.7 Å². The normalized spacial score (nSPS) is 23.3. The second-order valence-corrected chi connectivity index (χ2v) is 8.35. The van der Waals surface area contributed by atoms with Crippen LogP contribution in [0.3, 0.4) is 0 Å². The Hall–Kier alpha value is -1.48. The van der Waals surface area contributed by atoms with E-state index < -0.39 is 10.2 Å². The zero-order valence-electron chi connectivity index (χ0n) is 14.3. The van der Waals surface area contributed by atoms with Crippen LogP contribution in [0.5, 0.6) is 0 Å². The largest absolute Gasteiger partial charge is 0.379 e. The molecule has 25 heavy (non-hydrogen) atoms. The average Bonchev–Trinajstić information content (AvgIpc) is 2.67. The molecule has 0 saturated carbocycles. The smallest absolute Gasteiger partial charge is 0.282 e. The van der Waals surface area contributed by atoms with Gasteiger partial charge in [0.05, 0.1) is 19.1 Å². The summed E-state index contributed by atoms with van der Waals surface area (Å²) < 4.78 is 33.6. The van der Waals surface area contributed by atoms with Crippen LogP contribution >= 0.6 is 0 Å². The van der Waals surface area contributed by atoms with E-state index in [-0.39, 0.29) is 18.4 Å². The van der Waals surface area contributed by atoms with E-state index in [1.54, 1.807) is 0 Å². The first kappa shape index (κ1) is 18.3. The van der Waals surface area contributed by atoms with Crippen LogP contribution in [0.1, 0.15) is 18.4 Å². The molecule has 2 saturated heterocycles. The van der Waals surface area contributed by atoms with Gasteiger partial charge in [0.1, 0.15) is 0 Å². The lowest BCUT2D eigenvalue weighted by Crippen LogP contribution is -2.52. The summed E-state index contributed by atoms with van der Waals surface area (Å²) in [5.74, 6) is -0.376. The van der Waals surface area contributed by atoms with Crippen LogP contribution in [-0.2, 0) is 26.3 Å². The van der Waals surface area contributed by atoms with Crippen molar-refractivity contribution >= 4 is 16.1 Å². The monoisotopic (exact) mass is 367 g/mol. The highest BCUT2D eigenvalue weighted by Crippen LogP contribution is 2.22. The van der Waals surface area contributed by atoms with Crippen molar-refractivity contribution in [1.82, 2.24) is 13.9 Å². The summed E-state index contributed by atoms with van der Waals surface area (Å²) in [7, 11) is -3.51. The van der Waals surface area contributed by atoms with E-state index in [0.717, 1.165) is 12.0 Å². The Bertz CT molecular complexity index is 674. The third kappa shape index (κ3) is 4.58. The molecule has 1 amide bonds. The maximum atomic E-state index is 12.8. The molecule has 138 valence electrons. The molecule has 1 unspecified atom stereocenters. The number of piperidine rings is 1. The molecule has 7 nitrogen and oxygen atoms in total. The molecular formula is C17H25N3O4S. The Morgan fingerprint density at radius 1 is 1.12 bits per heavy atom. The standard InChI is InChI=1S/C17H25N3O4S/c21-17(18-13-15-5-2-1-3-6-15)16-7-4-8-20(14-16)25(22,23)19-9-11-24-12-10-19/h1-3,5-6,16H,4,7-14H2,(H,18,21). The minimum Gasteiger partial charge on any atom is -0.379 e. The maximum Gasteiger partial charge on any atom is 0.282 e. The van der Waals surface area contributed by atoms with Gasteiger partial charge in [-0.05, 0) is 18.4 Å². The lowest BCUT2D eigenvalue weighted by atomic mass is 9.99. The van der Waals surface area contributed by atoms with Crippen molar-refractivity contribution in [3.05, 3.63) is 35.9 Å². The number of rotatable bonds is 5. The van der Waals surface area contributed by atoms with E-state index in [1.165, 1.54) is 8.61 Å². The Morgan fingerprint density at radius 3 is 2.56 bits per heavy atom. The predicted octanol–water partition coefficient (Wildman–Crippen LogP) is 0.592. The van der Waals surface area contributed by atoms with Crippen molar-refractivity contribution in [2.24, 2.45) is 5.92 Å². The number of carbonyl (C=O) groups excluding carboxylic acids is 1. The van der Waals surface area contributed by atoms with Gasteiger partial charge >= 0.3 is 0 Å². The number of nitrogens with zero attached hydrogens (tertiary/aromatic N) is 2. The summed E-state index contributed by atoms with van der Waals surface area (Å²) in [5, 5.41) is 2.93. The van der Waals surface area contributed by atoms with E-state index in [0.29, 0.717) is 45.8 Å². The molecule has 1 aromatic rings. The lowest BCUT2D eigenvalue weighted by Gasteiger charge is -2.36. The third-order valence-electron chi connectivity index (χ3n) is 4.69. The lowest BCUT2D eigenvalue weighted by molar-refractivity contribution is -0.126. The molecule has 2 aliphatic heterocycles. The van der Waals surface area contributed by atoms with Gasteiger partial charge in [-0.2, -0.15) is 17.0 Å². The molecule has 2 heterocycles. The Balaban J connectivity index is 1.57. The molecule has 0 aromatic heterocycles. The summed E-state index contributed by atoms with van der Waals surface area (Å²) >= 11 is 0. The first-order valence-corrected chi connectivity index (χ1v) is 10.1. The van der Waals surface area contributed by atoms with Crippen molar-refractivity contribution in [2.75, 3.05) is 39.4 Å².